The van der Waals surface area contributed by atoms with Gasteiger partial charge in [0.1, 0.15) is 0 Å². The number of nitrogens with zero attached hydrogens (tertiary/aromatic N) is 4. The third kappa shape index (κ3) is 3.87. The van der Waals surface area contributed by atoms with E-state index in [-0.39, 0.29) is 24.0 Å². The molecule has 26 heavy (non-hydrogen) atoms. The number of H-pyrrole nitrogens is 1. The number of aliphatic imine (C=N–C) groups is 1. The van der Waals surface area contributed by atoms with Crippen molar-refractivity contribution in [2.75, 3.05) is 20.1 Å². The largest absolute Gasteiger partial charge is 0.357 e. The molecule has 0 aliphatic carbocycles. The summed E-state index contributed by atoms with van der Waals surface area (Å²) in [6.07, 6.45) is 5.24. The summed E-state index contributed by atoms with van der Waals surface area (Å²) >= 11 is 0. The summed E-state index contributed by atoms with van der Waals surface area (Å²) < 4.78 is 1.88. The van der Waals surface area contributed by atoms with Crippen LogP contribution in [0, 0.1) is 0 Å². The summed E-state index contributed by atoms with van der Waals surface area (Å²) in [5.74, 6) is 1.49. The van der Waals surface area contributed by atoms with Crippen LogP contribution >= 0.6 is 24.0 Å². The first kappa shape index (κ1) is 18.8. The van der Waals surface area contributed by atoms with Gasteiger partial charge in [0.25, 0.3) is 0 Å². The molecule has 0 radical (unpaired) electrons. The molecule has 1 fully saturated rings. The van der Waals surface area contributed by atoms with Gasteiger partial charge in [-0.25, -0.2) is 0 Å². The van der Waals surface area contributed by atoms with Crippen LogP contribution in [-0.2, 0) is 13.6 Å². The first-order valence-electron chi connectivity index (χ1n) is 8.73. The van der Waals surface area contributed by atoms with Crippen LogP contribution in [0.15, 0.2) is 47.7 Å². The molecule has 7 heteroatoms. The number of hydrogen-bond acceptors (Lipinski definition) is 2. The first-order valence-corrected chi connectivity index (χ1v) is 8.73. The van der Waals surface area contributed by atoms with Crippen LogP contribution in [0.5, 0.6) is 0 Å². The van der Waals surface area contributed by atoms with E-state index in [1.807, 2.05) is 25.0 Å². The smallest absolute Gasteiger partial charge is 0.193 e. The molecule has 2 aromatic heterocycles. The van der Waals surface area contributed by atoms with Crippen LogP contribution in [0.3, 0.4) is 0 Å². The Morgan fingerprint density at radius 3 is 2.96 bits per heavy atom. The molecule has 1 aromatic carbocycles. The Labute approximate surface area is 170 Å². The quantitative estimate of drug-likeness (QED) is 0.356. The Bertz CT molecular complexity index is 863. The van der Waals surface area contributed by atoms with Gasteiger partial charge in [-0.1, -0.05) is 18.2 Å². The van der Waals surface area contributed by atoms with Gasteiger partial charge in [-0.05, 0) is 29.5 Å². The van der Waals surface area contributed by atoms with E-state index in [2.05, 4.69) is 61.8 Å². The third-order valence-corrected chi connectivity index (χ3v) is 4.92. The second-order valence-electron chi connectivity index (χ2n) is 6.66. The number of halogens is 1. The molecule has 0 bridgehead atoms. The molecule has 0 saturated carbocycles. The summed E-state index contributed by atoms with van der Waals surface area (Å²) in [6, 6.07) is 10.5. The lowest BCUT2D eigenvalue weighted by atomic mass is 10.0. The predicted molar refractivity (Wildman–Crippen MR) is 116 cm³/mol. The van der Waals surface area contributed by atoms with Gasteiger partial charge in [-0.3, -0.25) is 9.67 Å². The zero-order valence-electron chi connectivity index (χ0n) is 15.1. The van der Waals surface area contributed by atoms with Gasteiger partial charge in [-0.2, -0.15) is 5.10 Å². The molecule has 6 nitrogen and oxygen atoms in total. The number of aromatic amines is 1. The number of aryl methyl sites for hydroxylation is 1. The lowest BCUT2D eigenvalue weighted by Gasteiger charge is -2.21. The molecule has 3 heterocycles. The highest BCUT2D eigenvalue weighted by Gasteiger charge is 2.26. The monoisotopic (exact) mass is 464 g/mol. The maximum Gasteiger partial charge on any atom is 0.193 e. The van der Waals surface area contributed by atoms with Gasteiger partial charge in [0.2, 0.25) is 0 Å². The molecular formula is C19H25IN6. The minimum Gasteiger partial charge on any atom is -0.357 e. The molecule has 3 aromatic rings. The summed E-state index contributed by atoms with van der Waals surface area (Å²) in [6.45, 7) is 2.75. The average molecular weight is 464 g/mol. The van der Waals surface area contributed by atoms with Crippen LogP contribution in [0.1, 0.15) is 23.6 Å². The van der Waals surface area contributed by atoms with E-state index in [0.29, 0.717) is 5.92 Å². The molecule has 1 atom stereocenters. The third-order valence-electron chi connectivity index (χ3n) is 4.92. The van der Waals surface area contributed by atoms with E-state index in [0.717, 1.165) is 32.0 Å². The van der Waals surface area contributed by atoms with Crippen molar-refractivity contribution >= 4 is 40.8 Å². The van der Waals surface area contributed by atoms with Crippen LogP contribution < -0.4 is 5.32 Å². The summed E-state index contributed by atoms with van der Waals surface area (Å²) in [7, 11) is 3.82. The highest BCUT2D eigenvalue weighted by atomic mass is 127. The van der Waals surface area contributed by atoms with Crippen LogP contribution in [0.2, 0.25) is 0 Å². The van der Waals surface area contributed by atoms with Crippen molar-refractivity contribution < 1.29 is 0 Å². The lowest BCUT2D eigenvalue weighted by molar-refractivity contribution is 0.485. The highest BCUT2D eigenvalue weighted by molar-refractivity contribution is 14.0. The van der Waals surface area contributed by atoms with Gasteiger partial charge in [0, 0.05) is 50.5 Å². The zero-order valence-corrected chi connectivity index (χ0v) is 17.5. The fourth-order valence-corrected chi connectivity index (χ4v) is 3.61. The molecule has 0 spiro atoms. The fourth-order valence-electron chi connectivity index (χ4n) is 3.61. The summed E-state index contributed by atoms with van der Waals surface area (Å²) in [5, 5.41) is 9.03. The molecule has 2 N–H and O–H groups in total. The minimum absolute atomic E-state index is 0. The van der Waals surface area contributed by atoms with E-state index >= 15 is 0 Å². The lowest BCUT2D eigenvalue weighted by Crippen LogP contribution is -2.39. The van der Waals surface area contributed by atoms with Crippen LogP contribution in [0.25, 0.3) is 10.9 Å². The number of fused-ring (bicyclic) bond motifs is 1. The van der Waals surface area contributed by atoms with E-state index in [4.69, 9.17) is 0 Å². The van der Waals surface area contributed by atoms with Gasteiger partial charge in [0.05, 0.1) is 12.7 Å². The number of likely N-dealkylation sites (tertiary alicyclic amines) is 1. The Morgan fingerprint density at radius 1 is 1.38 bits per heavy atom. The van der Waals surface area contributed by atoms with E-state index in [1.54, 1.807) is 0 Å². The van der Waals surface area contributed by atoms with E-state index < -0.39 is 0 Å². The minimum atomic E-state index is 0. The molecular weight excluding hydrogens is 439 g/mol. The van der Waals surface area contributed by atoms with E-state index in [1.165, 1.54) is 22.2 Å². The number of benzene rings is 1. The molecule has 0 amide bonds. The molecule has 4 rings (SSSR count). The van der Waals surface area contributed by atoms with Gasteiger partial charge < -0.3 is 15.2 Å². The van der Waals surface area contributed by atoms with Gasteiger partial charge in [-0.15, -0.1) is 24.0 Å². The molecule has 1 aliphatic heterocycles. The Hall–Kier alpha value is -2.03. The highest BCUT2D eigenvalue weighted by Crippen LogP contribution is 2.26. The number of para-hydroxylation sites is 1. The van der Waals surface area contributed by atoms with Crippen molar-refractivity contribution in [3.05, 3.63) is 54.0 Å². The topological polar surface area (TPSA) is 61.2 Å². The summed E-state index contributed by atoms with van der Waals surface area (Å²) in [5.41, 5.74) is 3.66. The van der Waals surface area contributed by atoms with Gasteiger partial charge in [0.15, 0.2) is 5.96 Å². The van der Waals surface area contributed by atoms with E-state index in [9.17, 15) is 0 Å². The summed E-state index contributed by atoms with van der Waals surface area (Å²) in [4.78, 5) is 10.3. The van der Waals surface area contributed by atoms with Crippen molar-refractivity contribution in [1.82, 2.24) is 25.0 Å². The Balaban J connectivity index is 0.00000196. The first-order chi connectivity index (χ1) is 12.2. The van der Waals surface area contributed by atoms with Crippen molar-refractivity contribution in [2.24, 2.45) is 12.0 Å². The van der Waals surface area contributed by atoms with Crippen molar-refractivity contribution in [3.63, 3.8) is 0 Å². The van der Waals surface area contributed by atoms with Crippen molar-refractivity contribution in [1.29, 1.82) is 0 Å². The average Bonchev–Trinajstić information content (AvgIpc) is 3.34. The Morgan fingerprint density at radius 2 is 2.23 bits per heavy atom. The second-order valence-corrected chi connectivity index (χ2v) is 6.66. The molecule has 1 aliphatic rings. The number of aromatic nitrogens is 3. The fraction of sp³-hybridized carbons (Fsp3) is 0.368. The van der Waals surface area contributed by atoms with Crippen molar-refractivity contribution in [2.45, 2.75) is 18.9 Å². The maximum atomic E-state index is 4.47. The van der Waals surface area contributed by atoms with Gasteiger partial charge >= 0.3 is 0 Å². The van der Waals surface area contributed by atoms with Crippen molar-refractivity contribution in [3.8, 4) is 0 Å². The molecule has 138 valence electrons. The maximum absolute atomic E-state index is 4.47. The second kappa shape index (κ2) is 8.11. The molecule has 1 unspecified atom stereocenters. The van der Waals surface area contributed by atoms with Crippen LogP contribution in [0.4, 0.5) is 0 Å². The number of guanidine groups is 1. The zero-order chi connectivity index (χ0) is 17.2. The number of hydrogen-bond donors (Lipinski definition) is 2. The van der Waals surface area contributed by atoms with Crippen LogP contribution in [-0.4, -0.2) is 45.8 Å². The Kier molecular flexibility index (Phi) is 5.85. The predicted octanol–water partition coefficient (Wildman–Crippen LogP) is 3.08. The molecule has 1 saturated heterocycles. The normalized spacial score (nSPS) is 17.5. The number of rotatable bonds is 3. The SMILES string of the molecule is CN=C(NCc1cc2ccccc2[nH]1)N1CCC(c2cnn(C)c2)C1.I. The number of nitrogens with one attached hydrogen (secondary N) is 2. The standard InChI is InChI=1S/C19H24N6.HI/c1-20-19(21-11-17-9-14-5-3-4-6-18(14)23-17)25-8-7-15(13-25)16-10-22-24(2)12-16;/h3-6,9-10,12,15,23H,7-8,11,13H2,1-2H3,(H,20,21);1H.